The van der Waals surface area contributed by atoms with Crippen molar-refractivity contribution in [2.45, 2.75) is 18.9 Å². The summed E-state index contributed by atoms with van der Waals surface area (Å²) in [7, 11) is -3.17. The van der Waals surface area contributed by atoms with Gasteiger partial charge in [-0.1, -0.05) is 0 Å². The van der Waals surface area contributed by atoms with Crippen LogP contribution in [0.3, 0.4) is 0 Å². The molecule has 0 radical (unpaired) electrons. The van der Waals surface area contributed by atoms with E-state index >= 15 is 0 Å². The van der Waals surface area contributed by atoms with Crippen LogP contribution in [0, 0.1) is 0 Å². The second-order valence-corrected chi connectivity index (χ2v) is 6.06. The lowest BCUT2D eigenvalue weighted by Crippen LogP contribution is -2.52. The van der Waals surface area contributed by atoms with Gasteiger partial charge in [0.1, 0.15) is 9.84 Å². The first kappa shape index (κ1) is 14.3. The fraction of sp³-hybridized carbons (Fsp3) is 0.875. The van der Waals surface area contributed by atoms with Crippen molar-refractivity contribution in [1.82, 2.24) is 5.32 Å². The smallest absolute Gasteiger partial charge is 0.221 e. The highest BCUT2D eigenvalue weighted by Crippen LogP contribution is 2.01. The van der Waals surface area contributed by atoms with E-state index in [1.807, 2.05) is 0 Å². The minimum atomic E-state index is -3.17. The number of carbonyl (C=O) groups excluding carboxylic acids is 1. The van der Waals surface area contributed by atoms with Crippen molar-refractivity contribution in [2.24, 2.45) is 0 Å². The van der Waals surface area contributed by atoms with Crippen LogP contribution in [-0.4, -0.2) is 55.3 Å². The molecule has 0 spiro atoms. The van der Waals surface area contributed by atoms with Crippen LogP contribution in [0.1, 0.15) is 13.3 Å². The summed E-state index contributed by atoms with van der Waals surface area (Å²) in [6.45, 7) is 0.646. The molecule has 1 amide bonds. The zero-order valence-corrected chi connectivity index (χ0v) is 9.67. The maximum atomic E-state index is 11.2. The van der Waals surface area contributed by atoms with E-state index in [2.05, 4.69) is 5.32 Å². The van der Waals surface area contributed by atoms with Crippen LogP contribution in [0.25, 0.3) is 0 Å². The lowest BCUT2D eigenvalue weighted by molar-refractivity contribution is -0.123. The molecule has 0 bridgehead atoms. The number of sulfone groups is 1. The number of amides is 1. The van der Waals surface area contributed by atoms with Gasteiger partial charge in [0.15, 0.2) is 0 Å². The van der Waals surface area contributed by atoms with Crippen LogP contribution in [0.4, 0.5) is 0 Å². The fourth-order valence-corrected chi connectivity index (χ4v) is 1.36. The molecule has 0 aliphatic heterocycles. The van der Waals surface area contributed by atoms with Gasteiger partial charge < -0.3 is 15.5 Å². The summed E-state index contributed by atoms with van der Waals surface area (Å²) < 4.78 is 21.5. The molecule has 0 unspecified atom stereocenters. The molecule has 0 aromatic carbocycles. The number of hydrogen-bond donors (Lipinski definition) is 3. The van der Waals surface area contributed by atoms with Crippen molar-refractivity contribution in [1.29, 1.82) is 0 Å². The Bertz CT molecular complexity index is 307. The maximum Gasteiger partial charge on any atom is 0.221 e. The molecule has 6 nitrogen and oxygen atoms in total. The SMILES string of the molecule is CC(CO)(CO)NC(=O)CCS(C)(=O)=O. The summed E-state index contributed by atoms with van der Waals surface area (Å²) in [5.74, 6) is -0.753. The molecule has 0 atom stereocenters. The Morgan fingerprint density at radius 2 is 1.80 bits per heavy atom. The molecule has 7 heteroatoms. The van der Waals surface area contributed by atoms with Gasteiger partial charge in [-0.2, -0.15) is 0 Å². The number of rotatable bonds is 6. The molecule has 0 fully saturated rings. The van der Waals surface area contributed by atoms with Gasteiger partial charge in [-0.05, 0) is 6.92 Å². The minimum absolute atomic E-state index is 0.172. The molecular weight excluding hydrogens is 222 g/mol. The summed E-state index contributed by atoms with van der Waals surface area (Å²) in [6, 6.07) is 0. The molecule has 0 rings (SSSR count). The largest absolute Gasteiger partial charge is 0.394 e. The quantitative estimate of drug-likeness (QED) is 0.511. The summed E-state index contributed by atoms with van der Waals surface area (Å²) in [6.07, 6.45) is 0.867. The van der Waals surface area contributed by atoms with Gasteiger partial charge in [0, 0.05) is 12.7 Å². The van der Waals surface area contributed by atoms with Crippen LogP contribution in [-0.2, 0) is 14.6 Å². The summed E-state index contributed by atoms with van der Waals surface area (Å²) in [5.41, 5.74) is -1.10. The van der Waals surface area contributed by atoms with Gasteiger partial charge in [-0.3, -0.25) is 4.79 Å². The lowest BCUT2D eigenvalue weighted by atomic mass is 10.1. The van der Waals surface area contributed by atoms with Crippen LogP contribution in [0.5, 0.6) is 0 Å². The average molecular weight is 239 g/mol. The fourth-order valence-electron chi connectivity index (χ4n) is 0.806. The third-order valence-electron chi connectivity index (χ3n) is 1.84. The van der Waals surface area contributed by atoms with E-state index < -0.39 is 34.5 Å². The molecule has 0 aliphatic carbocycles. The van der Waals surface area contributed by atoms with E-state index in [4.69, 9.17) is 10.2 Å². The zero-order valence-electron chi connectivity index (χ0n) is 8.86. The third-order valence-corrected chi connectivity index (χ3v) is 2.78. The first-order valence-corrected chi connectivity index (χ1v) is 6.49. The van der Waals surface area contributed by atoms with Crippen LogP contribution in [0.15, 0.2) is 0 Å². The Morgan fingerprint density at radius 3 is 2.13 bits per heavy atom. The van der Waals surface area contributed by atoms with Gasteiger partial charge in [0.25, 0.3) is 0 Å². The number of aliphatic hydroxyl groups is 2. The second-order valence-electron chi connectivity index (χ2n) is 3.80. The van der Waals surface area contributed by atoms with Crippen LogP contribution < -0.4 is 5.32 Å². The van der Waals surface area contributed by atoms with E-state index in [1.165, 1.54) is 6.92 Å². The molecule has 0 saturated carbocycles. The highest BCUT2D eigenvalue weighted by Gasteiger charge is 2.24. The number of aliphatic hydroxyl groups excluding tert-OH is 2. The lowest BCUT2D eigenvalue weighted by Gasteiger charge is -2.26. The first-order chi connectivity index (χ1) is 6.72. The maximum absolute atomic E-state index is 11.2. The van der Waals surface area contributed by atoms with Crippen molar-refractivity contribution in [3.8, 4) is 0 Å². The van der Waals surface area contributed by atoms with E-state index in [0.29, 0.717) is 0 Å². The normalized spacial score (nSPS) is 12.5. The summed E-state index contributed by atoms with van der Waals surface area (Å²) in [4.78, 5) is 11.2. The van der Waals surface area contributed by atoms with E-state index in [-0.39, 0.29) is 12.2 Å². The van der Waals surface area contributed by atoms with Gasteiger partial charge in [0.05, 0.1) is 24.5 Å². The molecule has 0 heterocycles. The topological polar surface area (TPSA) is 104 Å². The standard InChI is InChI=1S/C8H17NO5S/c1-8(5-10,6-11)9-7(12)3-4-15(2,13)14/h10-11H,3-6H2,1-2H3,(H,9,12). The Kier molecular flexibility index (Phi) is 5.19. The second kappa shape index (κ2) is 5.43. The molecule has 0 saturated heterocycles. The molecule has 0 aliphatic rings. The van der Waals surface area contributed by atoms with E-state index in [0.717, 1.165) is 6.26 Å². The Morgan fingerprint density at radius 1 is 1.33 bits per heavy atom. The monoisotopic (exact) mass is 239 g/mol. The van der Waals surface area contributed by atoms with Crippen LogP contribution >= 0.6 is 0 Å². The Hall–Kier alpha value is -0.660. The molecule has 0 aromatic rings. The highest BCUT2D eigenvalue weighted by molar-refractivity contribution is 7.90. The van der Waals surface area contributed by atoms with Gasteiger partial charge in [0.2, 0.25) is 5.91 Å². The highest BCUT2D eigenvalue weighted by atomic mass is 32.2. The van der Waals surface area contributed by atoms with Gasteiger partial charge in [-0.15, -0.1) is 0 Å². The van der Waals surface area contributed by atoms with Crippen molar-refractivity contribution in [2.75, 3.05) is 25.2 Å². The van der Waals surface area contributed by atoms with Crippen LogP contribution in [0.2, 0.25) is 0 Å². The van der Waals surface area contributed by atoms with Crippen molar-refractivity contribution in [3.05, 3.63) is 0 Å². The van der Waals surface area contributed by atoms with E-state index in [9.17, 15) is 13.2 Å². The first-order valence-electron chi connectivity index (χ1n) is 4.43. The predicted octanol–water partition coefficient (Wildman–Crippen LogP) is -1.72. The zero-order chi connectivity index (χ0) is 12.1. The Balaban J connectivity index is 4.15. The summed E-state index contributed by atoms with van der Waals surface area (Å²) >= 11 is 0. The molecule has 3 N–H and O–H groups in total. The van der Waals surface area contributed by atoms with Gasteiger partial charge in [-0.25, -0.2) is 8.42 Å². The number of nitrogens with one attached hydrogen (secondary N) is 1. The van der Waals surface area contributed by atoms with E-state index in [1.54, 1.807) is 0 Å². The molecule has 0 aromatic heterocycles. The average Bonchev–Trinajstić information content (AvgIpc) is 2.13. The molecule has 90 valence electrons. The number of carbonyl (C=O) groups is 1. The molecule has 15 heavy (non-hydrogen) atoms. The third kappa shape index (κ3) is 6.43. The van der Waals surface area contributed by atoms with Gasteiger partial charge >= 0.3 is 0 Å². The number of hydrogen-bond acceptors (Lipinski definition) is 5. The minimum Gasteiger partial charge on any atom is -0.394 e. The Labute approximate surface area is 89.2 Å². The van der Waals surface area contributed by atoms with Crippen molar-refractivity contribution >= 4 is 15.7 Å². The van der Waals surface area contributed by atoms with Crippen molar-refractivity contribution < 1.29 is 23.4 Å². The van der Waals surface area contributed by atoms with Crippen molar-refractivity contribution in [3.63, 3.8) is 0 Å². The predicted molar refractivity (Wildman–Crippen MR) is 55.0 cm³/mol. The summed E-state index contributed by atoms with van der Waals surface area (Å²) in [5, 5.41) is 20.1. The molecular formula is C8H17NO5S.